The van der Waals surface area contributed by atoms with E-state index in [4.69, 9.17) is 20.0 Å². The van der Waals surface area contributed by atoms with Crippen molar-refractivity contribution in [2.24, 2.45) is 10.9 Å². The highest BCUT2D eigenvalue weighted by molar-refractivity contribution is 9.12. The molecule has 1 amide bonds. The number of rotatable bonds is 9. The van der Waals surface area contributed by atoms with Gasteiger partial charge >= 0.3 is 0 Å². The Morgan fingerprint density at radius 1 is 1.39 bits per heavy atom. The number of carbonyl (C=O) groups excluding carboxylic acids is 1. The molecule has 1 aliphatic heterocycles. The van der Waals surface area contributed by atoms with Crippen LogP contribution in [-0.4, -0.2) is 63.1 Å². The zero-order chi connectivity index (χ0) is 24.2. The number of carbonyl (C=O) groups is 1. The highest BCUT2D eigenvalue weighted by atomic mass is 79.9. The number of amides is 1. The number of aliphatic hydroxyl groups is 1. The number of benzene rings is 1. The summed E-state index contributed by atoms with van der Waals surface area (Å²) in [5.41, 5.74) is 6.61. The first-order chi connectivity index (χ1) is 15.7. The van der Waals surface area contributed by atoms with Crippen LogP contribution in [0.3, 0.4) is 0 Å². The Hall–Kier alpha value is -1.34. The van der Waals surface area contributed by atoms with Crippen molar-refractivity contribution < 1.29 is 24.2 Å². The van der Waals surface area contributed by atoms with Crippen LogP contribution in [0, 0.1) is 0 Å². The summed E-state index contributed by atoms with van der Waals surface area (Å²) in [6, 6.07) is 3.98. The number of halogens is 3. The smallest absolute Gasteiger partial charge is 0.269 e. The highest BCUT2D eigenvalue weighted by Crippen LogP contribution is 2.41. The van der Waals surface area contributed by atoms with Crippen molar-refractivity contribution >= 4 is 67.3 Å². The van der Waals surface area contributed by atoms with Crippen LogP contribution in [-0.2, 0) is 20.8 Å². The lowest BCUT2D eigenvalue weighted by Gasteiger charge is -2.33. The molecule has 33 heavy (non-hydrogen) atoms. The Kier molecular flexibility index (Phi) is 9.07. The monoisotopic (exact) mass is 647 g/mol. The van der Waals surface area contributed by atoms with E-state index in [9.17, 15) is 9.90 Å². The van der Waals surface area contributed by atoms with Crippen molar-refractivity contribution in [2.75, 3.05) is 26.8 Å². The van der Waals surface area contributed by atoms with Crippen LogP contribution in [0.4, 0.5) is 0 Å². The SMILES string of the molecule is BC1=C[C@]2(CC(C(=O)NCCCOc3c(Br)cc(CCN)cc3Br)=NO2)[C@H](O)C(Br)=C1OC. The second-order valence-electron chi connectivity index (χ2n) is 7.76. The van der Waals surface area contributed by atoms with Gasteiger partial charge < -0.3 is 30.5 Å². The van der Waals surface area contributed by atoms with Gasteiger partial charge in [0.05, 0.1) is 27.1 Å². The van der Waals surface area contributed by atoms with Gasteiger partial charge in [-0.2, -0.15) is 0 Å². The molecule has 0 bridgehead atoms. The van der Waals surface area contributed by atoms with Crippen LogP contribution in [0.2, 0.25) is 0 Å². The minimum atomic E-state index is -1.13. The van der Waals surface area contributed by atoms with E-state index in [0.29, 0.717) is 42.1 Å². The van der Waals surface area contributed by atoms with Crippen LogP contribution >= 0.6 is 47.8 Å². The number of allylic oxidation sites excluding steroid dienone is 1. The fourth-order valence-electron chi connectivity index (χ4n) is 3.72. The minimum Gasteiger partial charge on any atom is -0.496 e. The number of hydrogen-bond acceptors (Lipinski definition) is 7. The lowest BCUT2D eigenvalue weighted by Crippen LogP contribution is -2.45. The number of hydrogen-bond donors (Lipinski definition) is 3. The molecule has 4 N–H and O–H groups in total. The third kappa shape index (κ3) is 5.84. The van der Waals surface area contributed by atoms with Crippen LogP contribution < -0.4 is 15.8 Å². The van der Waals surface area contributed by atoms with Gasteiger partial charge in [-0.1, -0.05) is 5.16 Å². The van der Waals surface area contributed by atoms with Gasteiger partial charge in [-0.3, -0.25) is 4.79 Å². The molecule has 3 rings (SSSR count). The molecule has 0 fully saturated rings. The maximum Gasteiger partial charge on any atom is 0.269 e. The molecular formula is C21H25BBr3N3O5. The predicted octanol–water partition coefficient (Wildman–Crippen LogP) is 2.26. The zero-order valence-electron chi connectivity index (χ0n) is 18.3. The summed E-state index contributed by atoms with van der Waals surface area (Å²) in [5.74, 6) is 0.915. The quantitative estimate of drug-likeness (QED) is 0.279. The van der Waals surface area contributed by atoms with E-state index >= 15 is 0 Å². The van der Waals surface area contributed by atoms with E-state index in [-0.39, 0.29) is 18.0 Å². The first-order valence-corrected chi connectivity index (χ1v) is 12.8. The van der Waals surface area contributed by atoms with Gasteiger partial charge in [-0.15, -0.1) is 0 Å². The molecule has 8 nitrogen and oxygen atoms in total. The highest BCUT2D eigenvalue weighted by Gasteiger charge is 2.50. The summed E-state index contributed by atoms with van der Waals surface area (Å²) >= 11 is 10.4. The van der Waals surface area contributed by atoms with Crippen molar-refractivity contribution in [1.29, 1.82) is 0 Å². The van der Waals surface area contributed by atoms with E-state index in [1.165, 1.54) is 7.11 Å². The van der Waals surface area contributed by atoms with Crippen LogP contribution in [0.1, 0.15) is 18.4 Å². The Labute approximate surface area is 218 Å². The topological polar surface area (TPSA) is 115 Å². The van der Waals surface area contributed by atoms with Crippen molar-refractivity contribution in [3.63, 3.8) is 0 Å². The molecular weight excluding hydrogens is 625 g/mol. The summed E-state index contributed by atoms with van der Waals surface area (Å²) in [7, 11) is 3.37. The van der Waals surface area contributed by atoms with E-state index in [2.05, 4.69) is 58.3 Å². The van der Waals surface area contributed by atoms with Crippen molar-refractivity contribution in [1.82, 2.24) is 5.32 Å². The van der Waals surface area contributed by atoms with Gasteiger partial charge in [0.15, 0.2) is 5.60 Å². The predicted molar refractivity (Wildman–Crippen MR) is 139 cm³/mol. The van der Waals surface area contributed by atoms with Crippen molar-refractivity contribution in [3.8, 4) is 5.75 Å². The maximum atomic E-state index is 12.6. The fourth-order valence-corrected chi connectivity index (χ4v) is 6.09. The Morgan fingerprint density at radius 2 is 2.09 bits per heavy atom. The molecule has 12 heteroatoms. The van der Waals surface area contributed by atoms with Gasteiger partial charge in [-0.25, -0.2) is 0 Å². The number of ether oxygens (including phenoxy) is 2. The van der Waals surface area contributed by atoms with Crippen LogP contribution in [0.25, 0.3) is 0 Å². The Balaban J connectivity index is 1.48. The standard InChI is InChI=1S/C21H25BBr3N3O5/c1-31-17-12(22)9-21(19(29)16(17)25)10-15(28-33-21)20(30)27-5-2-6-32-18-13(23)7-11(3-4-26)8-14(18)24/h7-9,19,29H,2-6,10,22,26H2,1H3,(H,27,30)/t19-,21+/m1/s1. The molecule has 1 aromatic rings. The lowest BCUT2D eigenvalue weighted by atomic mass is 9.78. The second-order valence-corrected chi connectivity index (χ2v) is 10.3. The number of nitrogens with two attached hydrogens (primary N) is 1. The third-order valence-electron chi connectivity index (χ3n) is 5.32. The minimum absolute atomic E-state index is 0.148. The fraction of sp³-hybridized carbons (Fsp3) is 0.429. The summed E-state index contributed by atoms with van der Waals surface area (Å²) in [6.45, 7) is 1.40. The van der Waals surface area contributed by atoms with Gasteiger partial charge in [0.1, 0.15) is 31.2 Å². The number of oxime groups is 1. The van der Waals surface area contributed by atoms with Crippen molar-refractivity contribution in [3.05, 3.63) is 48.4 Å². The van der Waals surface area contributed by atoms with Gasteiger partial charge in [0, 0.05) is 13.0 Å². The average molecular weight is 650 g/mol. The number of aliphatic hydroxyl groups excluding tert-OH is 1. The molecule has 178 valence electrons. The Morgan fingerprint density at radius 3 is 2.73 bits per heavy atom. The molecule has 2 atom stereocenters. The largest absolute Gasteiger partial charge is 0.496 e. The number of nitrogens with zero attached hydrogens (tertiary/aromatic N) is 1. The van der Waals surface area contributed by atoms with Crippen LogP contribution in [0.15, 0.2) is 48.0 Å². The first kappa shape index (κ1) is 26.3. The maximum absolute atomic E-state index is 12.6. The van der Waals surface area contributed by atoms with E-state index in [1.54, 1.807) is 6.08 Å². The van der Waals surface area contributed by atoms with Crippen LogP contribution in [0.5, 0.6) is 5.75 Å². The van der Waals surface area contributed by atoms with Gasteiger partial charge in [0.25, 0.3) is 5.91 Å². The second kappa shape index (κ2) is 11.4. The molecule has 1 spiro atoms. The molecule has 2 aliphatic rings. The van der Waals surface area contributed by atoms with E-state index in [0.717, 1.165) is 26.4 Å². The molecule has 1 heterocycles. The average Bonchev–Trinajstić information content (AvgIpc) is 3.19. The van der Waals surface area contributed by atoms with E-state index in [1.807, 2.05) is 20.0 Å². The molecule has 0 radical (unpaired) electrons. The number of methoxy groups -OCH3 is 1. The van der Waals surface area contributed by atoms with E-state index < -0.39 is 11.7 Å². The summed E-state index contributed by atoms with van der Waals surface area (Å²) in [5, 5.41) is 17.5. The Bertz CT molecular complexity index is 994. The summed E-state index contributed by atoms with van der Waals surface area (Å²) in [6.07, 6.45) is 2.24. The van der Waals surface area contributed by atoms with Gasteiger partial charge in [0.2, 0.25) is 0 Å². The first-order valence-electron chi connectivity index (χ1n) is 10.4. The third-order valence-corrected chi connectivity index (χ3v) is 7.29. The normalized spacial score (nSPS) is 22.1. The summed E-state index contributed by atoms with van der Waals surface area (Å²) < 4.78 is 13.3. The molecule has 0 aromatic heterocycles. The molecule has 0 saturated carbocycles. The van der Waals surface area contributed by atoms with Crippen molar-refractivity contribution in [2.45, 2.75) is 31.0 Å². The molecule has 0 unspecified atom stereocenters. The lowest BCUT2D eigenvalue weighted by molar-refractivity contribution is -0.114. The number of nitrogens with one attached hydrogen (secondary N) is 1. The van der Waals surface area contributed by atoms with Gasteiger partial charge in [-0.05, 0) is 96.4 Å². The zero-order valence-corrected chi connectivity index (χ0v) is 23.0. The molecule has 1 aromatic carbocycles. The summed E-state index contributed by atoms with van der Waals surface area (Å²) in [4.78, 5) is 18.1. The molecule has 1 aliphatic carbocycles. The molecule has 0 saturated heterocycles.